The molecule has 31 heavy (non-hydrogen) atoms. The largest absolute Gasteiger partial charge is 0.496 e. The van der Waals surface area contributed by atoms with Crippen LogP contribution in [0.15, 0.2) is 59.3 Å². The maximum atomic E-state index is 12.5. The molecule has 0 fully saturated rings. The first kappa shape index (κ1) is 21.0. The summed E-state index contributed by atoms with van der Waals surface area (Å²) in [5.74, 6) is 0.916. The normalized spacial score (nSPS) is 10.6. The fourth-order valence-electron chi connectivity index (χ4n) is 2.89. The SMILES string of the molecule is COc1ccccc1-c1nc(COC(=O)c2cccc(OCc3csc(C)n3)c2)cs1. The van der Waals surface area contributed by atoms with E-state index in [4.69, 9.17) is 14.2 Å². The van der Waals surface area contributed by atoms with Gasteiger partial charge in [-0.3, -0.25) is 0 Å². The molecule has 0 aliphatic rings. The molecule has 0 saturated heterocycles. The Morgan fingerprint density at radius 3 is 2.58 bits per heavy atom. The minimum absolute atomic E-state index is 0.0909. The second-order valence-electron chi connectivity index (χ2n) is 6.59. The lowest BCUT2D eigenvalue weighted by atomic mass is 10.2. The lowest BCUT2D eigenvalue weighted by Crippen LogP contribution is -2.06. The van der Waals surface area contributed by atoms with Crippen LogP contribution in [0, 0.1) is 6.92 Å². The van der Waals surface area contributed by atoms with Gasteiger partial charge in [-0.15, -0.1) is 22.7 Å². The molecule has 0 aliphatic heterocycles. The third-order valence-electron chi connectivity index (χ3n) is 4.36. The van der Waals surface area contributed by atoms with Crippen LogP contribution in [0.4, 0.5) is 0 Å². The zero-order valence-electron chi connectivity index (χ0n) is 17.0. The Morgan fingerprint density at radius 2 is 1.77 bits per heavy atom. The molecule has 0 atom stereocenters. The number of aryl methyl sites for hydroxylation is 1. The lowest BCUT2D eigenvalue weighted by molar-refractivity contribution is 0.0468. The van der Waals surface area contributed by atoms with Crippen molar-refractivity contribution in [3.05, 3.63) is 81.2 Å². The molecule has 0 bridgehead atoms. The minimum Gasteiger partial charge on any atom is -0.496 e. The summed E-state index contributed by atoms with van der Waals surface area (Å²) in [6.07, 6.45) is 0. The zero-order valence-corrected chi connectivity index (χ0v) is 18.7. The molecule has 158 valence electrons. The molecule has 4 aromatic rings. The number of esters is 1. The van der Waals surface area contributed by atoms with Crippen LogP contribution in [0.25, 0.3) is 10.6 Å². The first-order chi connectivity index (χ1) is 15.1. The molecule has 2 heterocycles. The number of thiazole rings is 2. The van der Waals surface area contributed by atoms with Crippen LogP contribution in [0.3, 0.4) is 0 Å². The van der Waals surface area contributed by atoms with E-state index in [1.807, 2.05) is 41.9 Å². The van der Waals surface area contributed by atoms with Crippen molar-refractivity contribution in [1.82, 2.24) is 9.97 Å². The summed E-state index contributed by atoms with van der Waals surface area (Å²) >= 11 is 3.06. The number of carbonyl (C=O) groups excluding carboxylic acids is 1. The van der Waals surface area contributed by atoms with Crippen molar-refractivity contribution in [2.24, 2.45) is 0 Å². The average Bonchev–Trinajstić information content (AvgIpc) is 3.45. The molecule has 0 saturated carbocycles. The molecular formula is C23H20N2O4S2. The van der Waals surface area contributed by atoms with Gasteiger partial charge in [-0.25, -0.2) is 14.8 Å². The van der Waals surface area contributed by atoms with Crippen molar-refractivity contribution in [1.29, 1.82) is 0 Å². The second-order valence-corrected chi connectivity index (χ2v) is 8.52. The van der Waals surface area contributed by atoms with Crippen molar-refractivity contribution in [2.75, 3.05) is 7.11 Å². The highest BCUT2D eigenvalue weighted by Gasteiger charge is 2.13. The fourth-order valence-corrected chi connectivity index (χ4v) is 4.32. The Labute approximate surface area is 188 Å². The predicted octanol–water partition coefficient (Wildman–Crippen LogP) is 5.52. The molecular weight excluding hydrogens is 432 g/mol. The van der Waals surface area contributed by atoms with Gasteiger partial charge in [0.15, 0.2) is 0 Å². The second kappa shape index (κ2) is 9.72. The standard InChI is InChI=1S/C23H20N2O4S2/c1-15-24-17(13-30-15)11-28-19-7-5-6-16(10-19)23(26)29-12-18-14-31-22(25-18)20-8-3-4-9-21(20)27-2/h3-10,13-14H,11-12H2,1-2H3. The highest BCUT2D eigenvalue weighted by Crippen LogP contribution is 2.32. The summed E-state index contributed by atoms with van der Waals surface area (Å²) in [7, 11) is 1.63. The number of rotatable bonds is 8. The number of para-hydroxylation sites is 1. The fraction of sp³-hybridized carbons (Fsp3) is 0.174. The van der Waals surface area contributed by atoms with E-state index in [0.717, 1.165) is 27.0 Å². The average molecular weight is 453 g/mol. The van der Waals surface area contributed by atoms with Gasteiger partial charge >= 0.3 is 5.97 Å². The molecule has 0 radical (unpaired) electrons. The lowest BCUT2D eigenvalue weighted by Gasteiger charge is -2.07. The molecule has 0 aliphatic carbocycles. The maximum absolute atomic E-state index is 12.5. The number of nitrogens with zero attached hydrogens (tertiary/aromatic N) is 2. The van der Waals surface area contributed by atoms with Crippen molar-refractivity contribution >= 4 is 28.6 Å². The molecule has 6 nitrogen and oxygen atoms in total. The quantitative estimate of drug-likeness (QED) is 0.328. The topological polar surface area (TPSA) is 70.5 Å². The van der Waals surface area contributed by atoms with Gasteiger partial charge in [0.1, 0.15) is 29.7 Å². The monoisotopic (exact) mass is 452 g/mol. The van der Waals surface area contributed by atoms with E-state index < -0.39 is 5.97 Å². The van der Waals surface area contributed by atoms with Gasteiger partial charge in [-0.05, 0) is 37.3 Å². The van der Waals surface area contributed by atoms with E-state index in [1.165, 1.54) is 11.3 Å². The molecule has 4 rings (SSSR count). The van der Waals surface area contributed by atoms with Crippen LogP contribution in [-0.2, 0) is 18.0 Å². The van der Waals surface area contributed by atoms with Crippen LogP contribution in [-0.4, -0.2) is 23.0 Å². The molecule has 0 spiro atoms. The Hall–Kier alpha value is -3.23. The summed E-state index contributed by atoms with van der Waals surface area (Å²) in [4.78, 5) is 21.4. The predicted molar refractivity (Wildman–Crippen MR) is 121 cm³/mol. The third-order valence-corrected chi connectivity index (χ3v) is 6.11. The highest BCUT2D eigenvalue weighted by atomic mass is 32.1. The van der Waals surface area contributed by atoms with Crippen LogP contribution < -0.4 is 9.47 Å². The van der Waals surface area contributed by atoms with Gasteiger partial charge in [-0.2, -0.15) is 0 Å². The van der Waals surface area contributed by atoms with E-state index in [-0.39, 0.29) is 6.61 Å². The Bertz CT molecular complexity index is 1190. The van der Waals surface area contributed by atoms with E-state index in [9.17, 15) is 4.79 Å². The van der Waals surface area contributed by atoms with Gasteiger partial charge in [-0.1, -0.05) is 18.2 Å². The third kappa shape index (κ3) is 5.28. The molecule has 0 unspecified atom stereocenters. The van der Waals surface area contributed by atoms with Crippen LogP contribution in [0.5, 0.6) is 11.5 Å². The van der Waals surface area contributed by atoms with Gasteiger partial charge < -0.3 is 14.2 Å². The minimum atomic E-state index is -0.429. The van der Waals surface area contributed by atoms with Gasteiger partial charge in [0.2, 0.25) is 0 Å². The molecule has 8 heteroatoms. The Balaban J connectivity index is 1.36. The van der Waals surface area contributed by atoms with Gasteiger partial charge in [0, 0.05) is 10.8 Å². The van der Waals surface area contributed by atoms with E-state index >= 15 is 0 Å². The smallest absolute Gasteiger partial charge is 0.338 e. The number of carbonyl (C=O) groups is 1. The van der Waals surface area contributed by atoms with Gasteiger partial charge in [0.05, 0.1) is 34.6 Å². The highest BCUT2D eigenvalue weighted by molar-refractivity contribution is 7.13. The number of hydrogen-bond acceptors (Lipinski definition) is 8. The summed E-state index contributed by atoms with van der Waals surface area (Å²) in [5, 5.41) is 5.65. The first-order valence-electron chi connectivity index (χ1n) is 9.51. The number of aromatic nitrogens is 2. The van der Waals surface area contributed by atoms with Crippen LogP contribution in [0.1, 0.15) is 26.8 Å². The number of ether oxygens (including phenoxy) is 3. The molecule has 0 N–H and O–H groups in total. The summed E-state index contributed by atoms with van der Waals surface area (Å²) < 4.78 is 16.6. The van der Waals surface area contributed by atoms with E-state index in [0.29, 0.717) is 23.6 Å². The Kier molecular flexibility index (Phi) is 6.59. The van der Waals surface area contributed by atoms with Gasteiger partial charge in [0.25, 0.3) is 0 Å². The number of benzene rings is 2. The summed E-state index contributed by atoms with van der Waals surface area (Å²) in [6.45, 7) is 2.40. The van der Waals surface area contributed by atoms with Crippen molar-refractivity contribution in [3.8, 4) is 22.1 Å². The molecule has 0 amide bonds. The van der Waals surface area contributed by atoms with Crippen molar-refractivity contribution in [3.63, 3.8) is 0 Å². The maximum Gasteiger partial charge on any atom is 0.338 e. The summed E-state index contributed by atoms with van der Waals surface area (Å²) in [6, 6.07) is 14.6. The van der Waals surface area contributed by atoms with Crippen LogP contribution >= 0.6 is 22.7 Å². The molecule has 2 aromatic carbocycles. The number of hydrogen-bond donors (Lipinski definition) is 0. The van der Waals surface area contributed by atoms with E-state index in [2.05, 4.69) is 9.97 Å². The zero-order chi connectivity index (χ0) is 21.6. The van der Waals surface area contributed by atoms with Crippen LogP contribution in [0.2, 0.25) is 0 Å². The number of methoxy groups -OCH3 is 1. The van der Waals surface area contributed by atoms with E-state index in [1.54, 1.807) is 42.7 Å². The van der Waals surface area contributed by atoms with Crippen molar-refractivity contribution in [2.45, 2.75) is 20.1 Å². The summed E-state index contributed by atoms with van der Waals surface area (Å²) in [5.41, 5.74) is 2.88. The Morgan fingerprint density at radius 1 is 0.968 bits per heavy atom. The molecule has 2 aromatic heterocycles. The van der Waals surface area contributed by atoms with Crippen molar-refractivity contribution < 1.29 is 19.0 Å². The first-order valence-corrected chi connectivity index (χ1v) is 11.3.